The molecule has 1 aliphatic heterocycles. The van der Waals surface area contributed by atoms with Crippen LogP contribution in [0.25, 0.3) is 5.57 Å². The maximum absolute atomic E-state index is 13.2. The van der Waals surface area contributed by atoms with Gasteiger partial charge < -0.3 is 10.1 Å². The number of unbranched alkanes of at least 4 members (excludes halogenated alkanes) is 7. The van der Waals surface area contributed by atoms with Crippen molar-refractivity contribution in [1.82, 2.24) is 5.32 Å². The van der Waals surface area contributed by atoms with Gasteiger partial charge in [0.15, 0.2) is 0 Å². The summed E-state index contributed by atoms with van der Waals surface area (Å²) in [4.78, 5) is 24.2. The monoisotopic (exact) mass is 387 g/mol. The van der Waals surface area contributed by atoms with Crippen molar-refractivity contribution in [2.75, 3.05) is 6.54 Å². The molecule has 0 aliphatic carbocycles. The molecule has 1 aliphatic rings. The highest BCUT2D eigenvalue weighted by atomic mass is 19.1. The molecule has 1 aromatic rings. The molecular weight excluding hydrogens is 357 g/mol. The van der Waals surface area contributed by atoms with Crippen LogP contribution in [-0.4, -0.2) is 18.4 Å². The van der Waals surface area contributed by atoms with Gasteiger partial charge in [-0.05, 0) is 24.1 Å². The average molecular weight is 387 g/mol. The van der Waals surface area contributed by atoms with Crippen molar-refractivity contribution in [1.29, 1.82) is 0 Å². The van der Waals surface area contributed by atoms with Crippen molar-refractivity contribution in [3.05, 3.63) is 53.6 Å². The molecule has 28 heavy (non-hydrogen) atoms. The lowest BCUT2D eigenvalue weighted by molar-refractivity contribution is -0.133. The van der Waals surface area contributed by atoms with Crippen molar-refractivity contribution in [3.8, 4) is 0 Å². The summed E-state index contributed by atoms with van der Waals surface area (Å²) in [6, 6.07) is 5.77. The van der Waals surface area contributed by atoms with Gasteiger partial charge >= 0.3 is 5.97 Å². The van der Waals surface area contributed by atoms with Gasteiger partial charge in [0.2, 0.25) is 5.91 Å². The molecular formula is C23H30FNO3. The number of esters is 1. The minimum atomic E-state index is -0.517. The van der Waals surface area contributed by atoms with E-state index in [9.17, 15) is 14.0 Å². The molecule has 152 valence electrons. The van der Waals surface area contributed by atoms with Crippen LogP contribution in [0.15, 0.2) is 42.2 Å². The van der Waals surface area contributed by atoms with E-state index in [0.717, 1.165) is 19.3 Å². The van der Waals surface area contributed by atoms with E-state index in [1.165, 1.54) is 44.2 Å². The van der Waals surface area contributed by atoms with E-state index in [0.29, 0.717) is 23.1 Å². The zero-order valence-electron chi connectivity index (χ0n) is 16.7. The predicted molar refractivity (Wildman–Crippen MR) is 109 cm³/mol. The summed E-state index contributed by atoms with van der Waals surface area (Å²) < 4.78 is 18.3. The lowest BCUT2D eigenvalue weighted by Crippen LogP contribution is -2.27. The first-order valence-electron chi connectivity index (χ1n) is 10.2. The molecule has 1 heterocycles. The quantitative estimate of drug-likeness (QED) is 0.391. The highest BCUT2D eigenvalue weighted by molar-refractivity contribution is 6.07. The molecule has 5 heteroatoms. The molecule has 0 atom stereocenters. The van der Waals surface area contributed by atoms with E-state index in [1.807, 2.05) is 0 Å². The van der Waals surface area contributed by atoms with E-state index in [-0.39, 0.29) is 24.0 Å². The van der Waals surface area contributed by atoms with Gasteiger partial charge in [-0.15, -0.1) is 0 Å². The fourth-order valence-corrected chi connectivity index (χ4v) is 3.30. The smallest absolute Gasteiger partial charge is 0.341 e. The number of carbonyl (C=O) groups excluding carboxylic acids is 2. The van der Waals surface area contributed by atoms with Gasteiger partial charge in [0.1, 0.15) is 11.6 Å². The minimum absolute atomic E-state index is 0.0812. The molecule has 4 nitrogen and oxygen atoms in total. The van der Waals surface area contributed by atoms with Crippen molar-refractivity contribution < 1.29 is 18.7 Å². The van der Waals surface area contributed by atoms with Crippen LogP contribution in [0, 0.1) is 5.82 Å². The van der Waals surface area contributed by atoms with Crippen LogP contribution >= 0.6 is 0 Å². The molecule has 0 unspecified atom stereocenters. The Bertz CT molecular complexity index is 722. The number of halogens is 1. The van der Waals surface area contributed by atoms with E-state index < -0.39 is 5.97 Å². The SMILES string of the molecule is C=C1OC(=O)C(CNC(=O)CCCCCCCCCC)=C1c1ccc(F)cc1. The third kappa shape index (κ3) is 6.63. The number of benzene rings is 1. The minimum Gasteiger partial charge on any atom is -0.423 e. The first-order valence-corrected chi connectivity index (χ1v) is 10.2. The van der Waals surface area contributed by atoms with Crippen LogP contribution in [0.4, 0.5) is 4.39 Å². The molecule has 2 rings (SSSR count). The fourth-order valence-electron chi connectivity index (χ4n) is 3.30. The number of hydrogen-bond acceptors (Lipinski definition) is 3. The summed E-state index contributed by atoms with van der Waals surface area (Å²) >= 11 is 0. The molecule has 0 spiro atoms. The Labute approximate surface area is 166 Å². The van der Waals surface area contributed by atoms with Crippen LogP contribution in [0.5, 0.6) is 0 Å². The molecule has 0 radical (unpaired) electrons. The number of cyclic esters (lactones) is 1. The van der Waals surface area contributed by atoms with Gasteiger partial charge in [-0.1, -0.05) is 70.6 Å². The fraction of sp³-hybridized carbons (Fsp3) is 0.478. The van der Waals surface area contributed by atoms with Crippen LogP contribution in [-0.2, 0) is 14.3 Å². The topological polar surface area (TPSA) is 55.4 Å². The highest BCUT2D eigenvalue weighted by Crippen LogP contribution is 2.33. The van der Waals surface area contributed by atoms with Crippen molar-refractivity contribution in [2.24, 2.45) is 0 Å². The molecule has 0 aromatic heterocycles. The Balaban J connectivity index is 1.79. The Morgan fingerprint density at radius 1 is 1.04 bits per heavy atom. The summed E-state index contributed by atoms with van der Waals surface area (Å²) in [7, 11) is 0. The number of hydrogen-bond donors (Lipinski definition) is 1. The Kier molecular flexibility index (Phi) is 8.92. The Hall–Kier alpha value is -2.43. The third-order valence-electron chi connectivity index (χ3n) is 4.90. The standard InChI is InChI=1S/C23H30FNO3/c1-3-4-5-6-7-8-9-10-11-21(26)25-16-20-22(17(2)28-23(20)27)18-12-14-19(24)15-13-18/h12-15H,2-11,16H2,1H3,(H,25,26). The second kappa shape index (κ2) is 11.4. The van der Waals surface area contributed by atoms with E-state index in [2.05, 4.69) is 18.8 Å². The first kappa shape index (κ1) is 21.9. The molecule has 1 amide bonds. The summed E-state index contributed by atoms with van der Waals surface area (Å²) in [5.41, 5.74) is 1.52. The van der Waals surface area contributed by atoms with Gasteiger partial charge in [-0.3, -0.25) is 4.79 Å². The van der Waals surface area contributed by atoms with Gasteiger partial charge in [0.25, 0.3) is 0 Å². The van der Waals surface area contributed by atoms with Gasteiger partial charge in [0, 0.05) is 12.0 Å². The maximum atomic E-state index is 13.2. The number of amides is 1. The van der Waals surface area contributed by atoms with Gasteiger partial charge in [-0.2, -0.15) is 0 Å². The number of carbonyl (C=O) groups is 2. The molecule has 0 saturated carbocycles. The number of allylic oxidation sites excluding steroid dienone is 1. The lowest BCUT2D eigenvalue weighted by Gasteiger charge is -2.07. The van der Waals surface area contributed by atoms with Gasteiger partial charge in [-0.25, -0.2) is 9.18 Å². The van der Waals surface area contributed by atoms with E-state index >= 15 is 0 Å². The number of nitrogens with one attached hydrogen (secondary N) is 1. The number of rotatable bonds is 12. The predicted octanol–water partition coefficient (Wildman–Crippen LogP) is 5.30. The molecule has 0 saturated heterocycles. The summed E-state index contributed by atoms with van der Waals surface area (Å²) in [6.45, 7) is 6.04. The van der Waals surface area contributed by atoms with Crippen LogP contribution in [0.1, 0.15) is 70.3 Å². The summed E-state index contributed by atoms with van der Waals surface area (Å²) in [5, 5.41) is 2.79. The highest BCUT2D eigenvalue weighted by Gasteiger charge is 2.29. The normalized spacial score (nSPS) is 13.8. The molecule has 1 aromatic carbocycles. The van der Waals surface area contributed by atoms with Crippen LogP contribution in [0.3, 0.4) is 0 Å². The molecule has 0 fully saturated rings. The zero-order chi connectivity index (χ0) is 20.4. The first-order chi connectivity index (χ1) is 13.5. The largest absolute Gasteiger partial charge is 0.423 e. The Morgan fingerprint density at radius 3 is 2.29 bits per heavy atom. The molecule has 1 N–H and O–H groups in total. The van der Waals surface area contributed by atoms with Gasteiger partial charge in [0.05, 0.1) is 12.1 Å². The Morgan fingerprint density at radius 2 is 1.64 bits per heavy atom. The lowest BCUT2D eigenvalue weighted by atomic mass is 10.00. The second-order valence-corrected chi connectivity index (χ2v) is 7.17. The van der Waals surface area contributed by atoms with E-state index in [1.54, 1.807) is 12.1 Å². The third-order valence-corrected chi connectivity index (χ3v) is 4.90. The second-order valence-electron chi connectivity index (χ2n) is 7.17. The van der Waals surface area contributed by atoms with Crippen molar-refractivity contribution >= 4 is 17.4 Å². The van der Waals surface area contributed by atoms with E-state index in [4.69, 9.17) is 4.74 Å². The molecule has 0 bridgehead atoms. The van der Waals surface area contributed by atoms with Crippen molar-refractivity contribution in [2.45, 2.75) is 64.7 Å². The summed E-state index contributed by atoms with van der Waals surface area (Å²) in [6.07, 6.45) is 9.84. The zero-order valence-corrected chi connectivity index (χ0v) is 16.7. The number of ether oxygens (including phenoxy) is 1. The van der Waals surface area contributed by atoms with Crippen LogP contribution in [0.2, 0.25) is 0 Å². The average Bonchev–Trinajstić information content (AvgIpc) is 2.96. The summed E-state index contributed by atoms with van der Waals surface area (Å²) in [5.74, 6) is -0.733. The van der Waals surface area contributed by atoms with Crippen LogP contribution < -0.4 is 5.32 Å². The maximum Gasteiger partial charge on any atom is 0.341 e. The van der Waals surface area contributed by atoms with Crippen molar-refractivity contribution in [3.63, 3.8) is 0 Å².